The summed E-state index contributed by atoms with van der Waals surface area (Å²) >= 11 is 0. The van der Waals surface area contributed by atoms with E-state index in [4.69, 9.17) is 0 Å². The Morgan fingerprint density at radius 2 is 1.57 bits per heavy atom. The minimum atomic E-state index is -0.525. The van der Waals surface area contributed by atoms with Gasteiger partial charge in [-0.1, -0.05) is 0 Å². The molecular weight excluding hydrogens is 478 g/mol. The fourth-order valence-electron chi connectivity index (χ4n) is 3.72. The van der Waals surface area contributed by atoms with E-state index < -0.39 is 23.2 Å². The minimum Gasteiger partial charge on any atom is -0.320 e. The third kappa shape index (κ3) is 5.84. The van der Waals surface area contributed by atoms with E-state index in [1.54, 1.807) is 38.2 Å². The Hall–Kier alpha value is -4.50. The van der Waals surface area contributed by atoms with E-state index in [0.717, 1.165) is 0 Å². The molecule has 0 saturated carbocycles. The molecule has 0 radical (unpaired) electrons. The minimum absolute atomic E-state index is 0.0222. The molecule has 0 aliphatic heterocycles. The summed E-state index contributed by atoms with van der Waals surface area (Å²) < 4.78 is 28.2. The third-order valence-corrected chi connectivity index (χ3v) is 5.90. The Morgan fingerprint density at radius 1 is 0.919 bits per heavy atom. The van der Waals surface area contributed by atoms with Gasteiger partial charge in [0.1, 0.15) is 17.3 Å². The number of benzene rings is 2. The molecule has 1 amide bonds. The number of aromatic nitrogens is 2. The smallest absolute Gasteiger partial charge is 0.275 e. The van der Waals surface area contributed by atoms with Crippen LogP contribution in [0.4, 0.5) is 14.5 Å². The van der Waals surface area contributed by atoms with E-state index in [1.165, 1.54) is 59.4 Å². The first-order valence-electron chi connectivity index (χ1n) is 11.5. The number of likely N-dealkylation sites (N-methyl/N-ethyl adjacent to an activating group) is 1. The van der Waals surface area contributed by atoms with Crippen LogP contribution in [0.25, 0.3) is 11.3 Å². The number of hydrogen-bond acceptors (Lipinski definition) is 5. The van der Waals surface area contributed by atoms with Crippen molar-refractivity contribution in [1.82, 2.24) is 14.9 Å². The van der Waals surface area contributed by atoms with Crippen LogP contribution < -0.4 is 16.2 Å². The highest BCUT2D eigenvalue weighted by Crippen LogP contribution is 2.22. The largest absolute Gasteiger partial charge is 0.320 e. The molecule has 188 valence electrons. The van der Waals surface area contributed by atoms with Crippen molar-refractivity contribution in [2.75, 3.05) is 12.4 Å². The van der Waals surface area contributed by atoms with Gasteiger partial charge in [-0.25, -0.2) is 8.78 Å². The average Bonchev–Trinajstić information content (AvgIpc) is 2.91. The van der Waals surface area contributed by atoms with Crippen molar-refractivity contribution in [2.24, 2.45) is 0 Å². The summed E-state index contributed by atoms with van der Waals surface area (Å²) in [5, 5.41) is 5.45. The topological polar surface area (TPSA) is 93.1 Å². The summed E-state index contributed by atoms with van der Waals surface area (Å²) in [6, 6.07) is 15.1. The molecule has 37 heavy (non-hydrogen) atoms. The molecular formula is C28H24F2N4O3. The highest BCUT2D eigenvalue weighted by atomic mass is 19.1. The predicted octanol–water partition coefficient (Wildman–Crippen LogP) is 4.01. The summed E-state index contributed by atoms with van der Waals surface area (Å²) in [6.07, 6.45) is 2.92. The van der Waals surface area contributed by atoms with E-state index in [1.807, 2.05) is 0 Å². The number of carbonyl (C=O) groups is 2. The van der Waals surface area contributed by atoms with Gasteiger partial charge in [0.2, 0.25) is 5.91 Å². The molecule has 1 unspecified atom stereocenters. The maximum atomic E-state index is 13.5. The van der Waals surface area contributed by atoms with Crippen LogP contribution in [0, 0.1) is 11.6 Å². The molecule has 1 atom stereocenters. The van der Waals surface area contributed by atoms with Crippen LogP contribution in [0.1, 0.15) is 28.4 Å². The molecule has 0 aliphatic rings. The van der Waals surface area contributed by atoms with Gasteiger partial charge < -0.3 is 15.2 Å². The molecule has 2 heterocycles. The molecule has 2 N–H and O–H groups in total. The van der Waals surface area contributed by atoms with Gasteiger partial charge in [0.15, 0.2) is 5.78 Å². The maximum absolute atomic E-state index is 13.5. The van der Waals surface area contributed by atoms with Crippen molar-refractivity contribution in [3.63, 3.8) is 0 Å². The summed E-state index contributed by atoms with van der Waals surface area (Å²) in [6.45, 7) is 1.68. The Morgan fingerprint density at radius 3 is 2.22 bits per heavy atom. The number of anilines is 1. The van der Waals surface area contributed by atoms with Gasteiger partial charge in [0, 0.05) is 23.5 Å². The first-order valence-corrected chi connectivity index (χ1v) is 11.5. The highest BCUT2D eigenvalue weighted by Gasteiger charge is 2.17. The average molecular weight is 503 g/mol. The van der Waals surface area contributed by atoms with Crippen molar-refractivity contribution >= 4 is 17.4 Å². The Labute approximate surface area is 211 Å². The van der Waals surface area contributed by atoms with Crippen molar-refractivity contribution in [3.8, 4) is 11.3 Å². The molecule has 0 fully saturated rings. The van der Waals surface area contributed by atoms with Gasteiger partial charge in [-0.15, -0.1) is 0 Å². The third-order valence-electron chi connectivity index (χ3n) is 5.90. The number of nitrogens with zero attached hydrogens (tertiary/aromatic N) is 2. The molecule has 9 heteroatoms. The van der Waals surface area contributed by atoms with Gasteiger partial charge in [-0.2, -0.15) is 0 Å². The van der Waals surface area contributed by atoms with Gasteiger partial charge in [-0.3, -0.25) is 19.4 Å². The highest BCUT2D eigenvalue weighted by molar-refractivity contribution is 6.08. The first kappa shape index (κ1) is 25.6. The van der Waals surface area contributed by atoms with E-state index in [2.05, 4.69) is 15.6 Å². The van der Waals surface area contributed by atoms with Crippen molar-refractivity contribution in [3.05, 3.63) is 118 Å². The van der Waals surface area contributed by atoms with Crippen LogP contribution >= 0.6 is 0 Å². The van der Waals surface area contributed by atoms with E-state index in [0.29, 0.717) is 22.4 Å². The fourth-order valence-corrected chi connectivity index (χ4v) is 3.72. The lowest BCUT2D eigenvalue weighted by atomic mass is 10.0. The second kappa shape index (κ2) is 11.0. The number of nitrogens with one attached hydrogen (secondary N) is 2. The number of rotatable bonds is 8. The number of pyridine rings is 2. The van der Waals surface area contributed by atoms with Crippen molar-refractivity contribution in [1.29, 1.82) is 0 Å². The molecule has 0 spiro atoms. The molecule has 0 aliphatic carbocycles. The SMILES string of the molecule is CNC(C)C(=O)Nc1ccc(-c2ccc(F)cc2)n(Cc2cncc(C(=O)c3ccc(F)cc3)c2)c1=O. The van der Waals surface area contributed by atoms with Crippen molar-refractivity contribution < 1.29 is 18.4 Å². The van der Waals surface area contributed by atoms with Crippen LogP contribution in [-0.2, 0) is 11.3 Å². The van der Waals surface area contributed by atoms with Crippen molar-refractivity contribution in [2.45, 2.75) is 19.5 Å². The van der Waals surface area contributed by atoms with Gasteiger partial charge in [-0.05, 0) is 91.8 Å². The lowest BCUT2D eigenvalue weighted by Crippen LogP contribution is -2.37. The van der Waals surface area contributed by atoms with E-state index in [9.17, 15) is 23.2 Å². The number of amides is 1. The molecule has 2 aromatic heterocycles. The molecule has 4 rings (SSSR count). The second-order valence-electron chi connectivity index (χ2n) is 8.45. The Kier molecular flexibility index (Phi) is 7.64. The Balaban J connectivity index is 1.74. The molecule has 0 saturated heterocycles. The summed E-state index contributed by atoms with van der Waals surface area (Å²) in [4.78, 5) is 42.9. The van der Waals surface area contributed by atoms with Crippen LogP contribution in [0.2, 0.25) is 0 Å². The fraction of sp³-hybridized carbons (Fsp3) is 0.143. The zero-order chi connectivity index (χ0) is 26.5. The van der Waals surface area contributed by atoms with E-state index >= 15 is 0 Å². The van der Waals surface area contributed by atoms with Crippen LogP contribution in [0.15, 0.2) is 83.9 Å². The second-order valence-corrected chi connectivity index (χ2v) is 8.45. The summed E-state index contributed by atoms with van der Waals surface area (Å²) in [7, 11) is 1.63. The maximum Gasteiger partial charge on any atom is 0.275 e. The van der Waals surface area contributed by atoms with Gasteiger partial charge in [0.25, 0.3) is 5.56 Å². The normalized spacial score (nSPS) is 11.7. The number of hydrogen-bond donors (Lipinski definition) is 2. The number of ketones is 1. The first-order chi connectivity index (χ1) is 17.8. The lowest BCUT2D eigenvalue weighted by Gasteiger charge is -2.17. The zero-order valence-electron chi connectivity index (χ0n) is 20.2. The molecule has 2 aromatic carbocycles. The molecule has 0 bridgehead atoms. The summed E-state index contributed by atoms with van der Waals surface area (Å²) in [5.74, 6) is -1.59. The standard InChI is InChI=1S/C28H24F2N4O3/c1-17(31-2)27(36)33-24-11-12-25(19-3-7-22(29)8-4-19)34(28(24)37)16-18-13-21(15-32-14-18)26(35)20-5-9-23(30)10-6-20/h3-15,17,31H,16H2,1-2H3,(H,33,36). The van der Waals surface area contributed by atoms with Gasteiger partial charge in [0.05, 0.1) is 18.3 Å². The quantitative estimate of drug-likeness (QED) is 0.355. The van der Waals surface area contributed by atoms with Crippen LogP contribution in [-0.4, -0.2) is 34.3 Å². The number of halogens is 2. The lowest BCUT2D eigenvalue weighted by molar-refractivity contribution is -0.117. The van der Waals surface area contributed by atoms with E-state index in [-0.39, 0.29) is 29.5 Å². The predicted molar refractivity (Wildman–Crippen MR) is 136 cm³/mol. The van der Waals surface area contributed by atoms with Gasteiger partial charge >= 0.3 is 0 Å². The zero-order valence-corrected chi connectivity index (χ0v) is 20.2. The molecule has 7 nitrogen and oxygen atoms in total. The monoisotopic (exact) mass is 502 g/mol. The van der Waals surface area contributed by atoms with Crippen LogP contribution in [0.5, 0.6) is 0 Å². The Bertz CT molecular complexity index is 1500. The number of carbonyl (C=O) groups excluding carboxylic acids is 2. The molecule has 4 aromatic rings. The van der Waals surface area contributed by atoms with Crippen LogP contribution in [0.3, 0.4) is 0 Å². The summed E-state index contributed by atoms with van der Waals surface area (Å²) in [5.41, 5.74) is 1.79.